The van der Waals surface area contributed by atoms with Gasteiger partial charge in [-0.3, -0.25) is 9.78 Å². The van der Waals surface area contributed by atoms with Crippen molar-refractivity contribution in [1.29, 1.82) is 0 Å². The number of benzene rings is 1. The van der Waals surface area contributed by atoms with Crippen molar-refractivity contribution in [3.05, 3.63) is 60.0 Å². The van der Waals surface area contributed by atoms with E-state index < -0.39 is 0 Å². The molecule has 0 saturated heterocycles. The fraction of sp³-hybridized carbons (Fsp3) is 0.200. The van der Waals surface area contributed by atoms with E-state index in [1.807, 2.05) is 12.1 Å². The Labute approximate surface area is 163 Å². The van der Waals surface area contributed by atoms with Crippen molar-refractivity contribution in [2.75, 3.05) is 26.6 Å². The van der Waals surface area contributed by atoms with Gasteiger partial charge in [0.25, 0.3) is 5.91 Å². The minimum Gasteiger partial charge on any atom is -0.496 e. The molecule has 1 amide bonds. The highest BCUT2D eigenvalue weighted by molar-refractivity contribution is 5.99. The van der Waals surface area contributed by atoms with Gasteiger partial charge in [0, 0.05) is 31.1 Å². The number of carbonyl (C=O) groups excluding carboxylic acids is 1. The zero-order chi connectivity index (χ0) is 19.9. The molecule has 0 aliphatic rings. The van der Waals surface area contributed by atoms with Crippen LogP contribution in [0.3, 0.4) is 0 Å². The molecule has 28 heavy (non-hydrogen) atoms. The van der Waals surface area contributed by atoms with Gasteiger partial charge in [-0.05, 0) is 24.3 Å². The van der Waals surface area contributed by atoms with Crippen LogP contribution in [0.4, 0.5) is 5.82 Å². The third-order valence-corrected chi connectivity index (χ3v) is 4.06. The summed E-state index contributed by atoms with van der Waals surface area (Å²) in [5, 5.41) is 5.88. The summed E-state index contributed by atoms with van der Waals surface area (Å²) in [6.45, 7) is 0.218. The van der Waals surface area contributed by atoms with Gasteiger partial charge in [-0.2, -0.15) is 0 Å². The van der Waals surface area contributed by atoms with Gasteiger partial charge in [-0.15, -0.1) is 0 Å². The molecule has 0 atom stereocenters. The Kier molecular flexibility index (Phi) is 6.01. The van der Waals surface area contributed by atoms with Gasteiger partial charge in [0.2, 0.25) is 0 Å². The van der Waals surface area contributed by atoms with E-state index in [9.17, 15) is 4.79 Å². The molecule has 2 aromatic heterocycles. The summed E-state index contributed by atoms with van der Waals surface area (Å²) in [6.07, 6.45) is 3.36. The monoisotopic (exact) mass is 379 g/mol. The Morgan fingerprint density at radius 3 is 2.32 bits per heavy atom. The summed E-state index contributed by atoms with van der Waals surface area (Å²) in [5.41, 5.74) is 1.84. The van der Waals surface area contributed by atoms with Crippen LogP contribution in [0.2, 0.25) is 0 Å². The molecule has 2 heterocycles. The quantitative estimate of drug-likeness (QED) is 0.651. The molecule has 0 bridgehead atoms. The molecule has 0 aliphatic carbocycles. The van der Waals surface area contributed by atoms with Crippen LogP contribution in [-0.4, -0.2) is 42.1 Å². The third kappa shape index (κ3) is 4.17. The molecule has 3 rings (SSSR count). The molecule has 8 nitrogen and oxygen atoms in total. The van der Waals surface area contributed by atoms with Crippen LogP contribution >= 0.6 is 0 Å². The normalized spacial score (nSPS) is 10.2. The van der Waals surface area contributed by atoms with Crippen molar-refractivity contribution < 1.29 is 14.3 Å². The molecular weight excluding hydrogens is 358 g/mol. The lowest BCUT2D eigenvalue weighted by Crippen LogP contribution is -2.24. The van der Waals surface area contributed by atoms with Crippen LogP contribution in [0.5, 0.6) is 11.5 Å². The lowest BCUT2D eigenvalue weighted by Gasteiger charge is -2.13. The number of pyridine rings is 1. The Balaban J connectivity index is 1.84. The minimum absolute atomic E-state index is 0.218. The van der Waals surface area contributed by atoms with E-state index in [-0.39, 0.29) is 12.5 Å². The van der Waals surface area contributed by atoms with Crippen molar-refractivity contribution in [3.8, 4) is 22.9 Å². The summed E-state index contributed by atoms with van der Waals surface area (Å²) >= 11 is 0. The maximum absolute atomic E-state index is 12.7. The van der Waals surface area contributed by atoms with E-state index in [2.05, 4.69) is 25.6 Å². The van der Waals surface area contributed by atoms with Gasteiger partial charge in [-0.1, -0.05) is 6.07 Å². The van der Waals surface area contributed by atoms with Crippen molar-refractivity contribution in [2.45, 2.75) is 6.54 Å². The number of ether oxygens (including phenoxy) is 2. The maximum Gasteiger partial charge on any atom is 0.259 e. The van der Waals surface area contributed by atoms with Crippen molar-refractivity contribution in [2.24, 2.45) is 0 Å². The fourth-order valence-corrected chi connectivity index (χ4v) is 2.68. The average Bonchev–Trinajstić information content (AvgIpc) is 2.77. The predicted octanol–water partition coefficient (Wildman–Crippen LogP) is 2.53. The predicted molar refractivity (Wildman–Crippen MR) is 106 cm³/mol. The third-order valence-electron chi connectivity index (χ3n) is 4.06. The number of hydrogen-bond acceptors (Lipinski definition) is 7. The van der Waals surface area contributed by atoms with Crippen molar-refractivity contribution in [1.82, 2.24) is 20.3 Å². The van der Waals surface area contributed by atoms with E-state index in [0.717, 1.165) is 5.56 Å². The van der Waals surface area contributed by atoms with Gasteiger partial charge in [0.05, 0.1) is 26.5 Å². The molecule has 2 N–H and O–H groups in total. The number of aromatic nitrogens is 3. The number of nitrogens with one attached hydrogen (secondary N) is 2. The van der Waals surface area contributed by atoms with Crippen LogP contribution < -0.4 is 20.1 Å². The Morgan fingerprint density at radius 2 is 1.71 bits per heavy atom. The van der Waals surface area contributed by atoms with Gasteiger partial charge < -0.3 is 20.1 Å². The van der Waals surface area contributed by atoms with E-state index in [1.54, 1.807) is 43.7 Å². The minimum atomic E-state index is -0.315. The maximum atomic E-state index is 12.7. The first-order chi connectivity index (χ1) is 13.7. The first kappa shape index (κ1) is 19.1. The molecule has 0 radical (unpaired) electrons. The molecule has 1 aromatic carbocycles. The molecule has 0 fully saturated rings. The first-order valence-corrected chi connectivity index (χ1v) is 8.61. The molecule has 3 aromatic rings. The van der Waals surface area contributed by atoms with Crippen LogP contribution in [0.25, 0.3) is 11.4 Å². The summed E-state index contributed by atoms with van der Waals surface area (Å²) < 4.78 is 10.6. The second-order valence-electron chi connectivity index (χ2n) is 5.77. The molecule has 0 saturated carbocycles. The van der Waals surface area contributed by atoms with Gasteiger partial charge in [-0.25, -0.2) is 9.97 Å². The van der Waals surface area contributed by atoms with Crippen molar-refractivity contribution in [3.63, 3.8) is 0 Å². The summed E-state index contributed by atoms with van der Waals surface area (Å²) in [5.74, 6) is 1.76. The standard InChI is InChI=1S/C20H21N5O3/c1-21-17-11-14(24-19(25-17)13-7-9-22-10-8-13)12-23-20(26)18-15(27-2)5-4-6-16(18)28-3/h4-11H,12H2,1-3H3,(H,23,26)(H,21,24,25). The molecule has 144 valence electrons. The number of carbonyl (C=O) groups is 1. The Morgan fingerprint density at radius 1 is 1.04 bits per heavy atom. The molecule has 8 heteroatoms. The zero-order valence-electron chi connectivity index (χ0n) is 15.9. The van der Waals surface area contributed by atoms with Crippen LogP contribution in [0, 0.1) is 0 Å². The van der Waals surface area contributed by atoms with Crippen LogP contribution in [-0.2, 0) is 6.54 Å². The smallest absolute Gasteiger partial charge is 0.259 e. The first-order valence-electron chi connectivity index (χ1n) is 8.61. The fourth-order valence-electron chi connectivity index (χ4n) is 2.68. The topological polar surface area (TPSA) is 98.3 Å². The molecule has 0 unspecified atom stereocenters. The summed E-state index contributed by atoms with van der Waals surface area (Å²) in [7, 11) is 4.80. The number of hydrogen-bond donors (Lipinski definition) is 2. The number of methoxy groups -OCH3 is 2. The van der Waals surface area contributed by atoms with Gasteiger partial charge >= 0.3 is 0 Å². The highest BCUT2D eigenvalue weighted by atomic mass is 16.5. The molecule has 0 spiro atoms. The van der Waals surface area contributed by atoms with E-state index in [4.69, 9.17) is 9.47 Å². The average molecular weight is 379 g/mol. The van der Waals surface area contributed by atoms with E-state index >= 15 is 0 Å². The second kappa shape index (κ2) is 8.81. The Hall–Kier alpha value is -3.68. The lowest BCUT2D eigenvalue weighted by atomic mass is 10.1. The van der Waals surface area contributed by atoms with Crippen molar-refractivity contribution >= 4 is 11.7 Å². The van der Waals surface area contributed by atoms with E-state index in [0.29, 0.717) is 34.4 Å². The highest BCUT2D eigenvalue weighted by Crippen LogP contribution is 2.28. The van der Waals surface area contributed by atoms with Gasteiger partial charge in [0.1, 0.15) is 22.9 Å². The number of anilines is 1. The van der Waals surface area contributed by atoms with E-state index in [1.165, 1.54) is 14.2 Å². The molecular formula is C20H21N5O3. The Bertz CT molecular complexity index is 941. The number of amides is 1. The van der Waals surface area contributed by atoms with Crippen LogP contribution in [0.1, 0.15) is 16.1 Å². The number of rotatable bonds is 7. The zero-order valence-corrected chi connectivity index (χ0v) is 15.9. The SMILES string of the molecule is CNc1cc(CNC(=O)c2c(OC)cccc2OC)nc(-c2ccncc2)n1. The largest absolute Gasteiger partial charge is 0.496 e. The molecule has 0 aliphatic heterocycles. The highest BCUT2D eigenvalue weighted by Gasteiger charge is 2.18. The van der Waals surface area contributed by atoms with Gasteiger partial charge in [0.15, 0.2) is 5.82 Å². The van der Waals surface area contributed by atoms with Crippen LogP contribution in [0.15, 0.2) is 48.8 Å². The lowest BCUT2D eigenvalue weighted by molar-refractivity contribution is 0.0944. The summed E-state index contributed by atoms with van der Waals surface area (Å²) in [6, 6.07) is 10.6. The number of nitrogens with zero attached hydrogens (tertiary/aromatic N) is 3. The summed E-state index contributed by atoms with van der Waals surface area (Å²) in [4.78, 5) is 25.8. The second-order valence-corrected chi connectivity index (χ2v) is 5.77.